The molecule has 0 fully saturated rings. The van der Waals surface area contributed by atoms with Crippen molar-refractivity contribution < 1.29 is 14.1 Å². The summed E-state index contributed by atoms with van der Waals surface area (Å²) in [5, 5.41) is 22.4. The Kier molecular flexibility index (Phi) is 6.99. The van der Waals surface area contributed by atoms with Gasteiger partial charge < -0.3 is 4.42 Å². The topological polar surface area (TPSA) is 128 Å². The zero-order valence-electron chi connectivity index (χ0n) is 17.8. The first-order chi connectivity index (χ1) is 16.4. The summed E-state index contributed by atoms with van der Waals surface area (Å²) in [5.74, 6) is 1.01. The van der Waals surface area contributed by atoms with Gasteiger partial charge in [-0.25, -0.2) is 4.68 Å². The van der Waals surface area contributed by atoms with E-state index < -0.39 is 10.8 Å². The van der Waals surface area contributed by atoms with Crippen molar-refractivity contribution in [3.63, 3.8) is 0 Å². The Morgan fingerprint density at radius 1 is 1.15 bits per heavy atom. The van der Waals surface area contributed by atoms with E-state index >= 15 is 0 Å². The highest BCUT2D eigenvalue weighted by Crippen LogP contribution is 2.26. The molecule has 0 atom stereocenters. The molecule has 0 saturated carbocycles. The van der Waals surface area contributed by atoms with Crippen molar-refractivity contribution in [3.05, 3.63) is 94.0 Å². The van der Waals surface area contributed by atoms with Crippen molar-refractivity contribution >= 4 is 40.7 Å². The third kappa shape index (κ3) is 5.47. The molecule has 10 nitrogen and oxygen atoms in total. The van der Waals surface area contributed by atoms with E-state index in [0.29, 0.717) is 28.1 Å². The number of benzene rings is 2. The maximum Gasteiger partial charge on any atom is 0.293 e. The molecule has 4 aromatic rings. The van der Waals surface area contributed by atoms with Crippen molar-refractivity contribution in [1.29, 1.82) is 0 Å². The van der Waals surface area contributed by atoms with Gasteiger partial charge in [0.1, 0.15) is 11.6 Å². The predicted octanol–water partition coefficient (Wildman–Crippen LogP) is 4.31. The Morgan fingerprint density at radius 2 is 1.94 bits per heavy atom. The van der Waals surface area contributed by atoms with Crippen molar-refractivity contribution in [2.75, 3.05) is 5.43 Å². The molecule has 0 aliphatic heterocycles. The van der Waals surface area contributed by atoms with Gasteiger partial charge in [-0.2, -0.15) is 0 Å². The molecule has 0 spiro atoms. The second-order valence-electron chi connectivity index (χ2n) is 7.01. The molecule has 0 unspecified atom stereocenters. The van der Waals surface area contributed by atoms with Crippen LogP contribution >= 0.6 is 24.0 Å². The van der Waals surface area contributed by atoms with Gasteiger partial charge in [0.2, 0.25) is 5.16 Å². The molecule has 0 bridgehead atoms. The highest BCUT2D eigenvalue weighted by Gasteiger charge is 2.17. The summed E-state index contributed by atoms with van der Waals surface area (Å²) in [4.78, 5) is 23.1. The number of nitrogens with one attached hydrogen (secondary N) is 2. The lowest BCUT2D eigenvalue weighted by Gasteiger charge is -2.12. The Hall–Kier alpha value is -4.03. The van der Waals surface area contributed by atoms with Gasteiger partial charge in [0, 0.05) is 23.4 Å². The van der Waals surface area contributed by atoms with Gasteiger partial charge in [-0.1, -0.05) is 54.2 Å². The minimum atomic E-state index is -0.571. The molecule has 2 N–H and O–H groups in total. The first-order valence-corrected chi connectivity index (χ1v) is 11.4. The van der Waals surface area contributed by atoms with Crippen LogP contribution in [0.25, 0.3) is 11.3 Å². The van der Waals surface area contributed by atoms with Crippen LogP contribution in [0, 0.1) is 17.0 Å². The molecule has 172 valence electrons. The number of aryl methyl sites for hydroxylation is 1. The average molecular weight is 495 g/mol. The van der Waals surface area contributed by atoms with E-state index in [1.807, 2.05) is 30.3 Å². The summed E-state index contributed by atoms with van der Waals surface area (Å²) >= 11 is 6.75. The molecule has 0 aliphatic carbocycles. The maximum atomic E-state index is 12.6. The Bertz CT molecular complexity index is 1350. The summed E-state index contributed by atoms with van der Waals surface area (Å²) in [6, 6.07) is 18.9. The van der Waals surface area contributed by atoms with Gasteiger partial charge >= 0.3 is 0 Å². The molecule has 12 heteroatoms. The number of aromatic nitrogens is 3. The number of carbonyl (C=O) groups excluding carboxylic acids is 1. The molecule has 34 heavy (non-hydrogen) atoms. The van der Waals surface area contributed by atoms with Crippen LogP contribution in [-0.4, -0.2) is 30.8 Å². The molecule has 0 radical (unpaired) electrons. The van der Waals surface area contributed by atoms with Crippen LogP contribution in [0.3, 0.4) is 0 Å². The number of nitrogens with zero attached hydrogens (tertiary/aromatic N) is 4. The third-order valence-corrected chi connectivity index (χ3v) is 5.81. The molecule has 0 aliphatic rings. The number of thioether (sulfide) groups is 1. The standard InChI is InChI=1S/C22H18N6O4S2/c1-14-24-25-22(34-13-15-6-3-2-4-7-15)27(14)26-21(33)23-20(29)19-11-10-18(32-19)16-8-5-9-17(12-16)28(30)31/h2-12H,13H2,1H3,(H2,23,26,29,33). The van der Waals surface area contributed by atoms with Gasteiger partial charge in [-0.3, -0.25) is 25.7 Å². The van der Waals surface area contributed by atoms with Crippen LogP contribution in [0.2, 0.25) is 0 Å². The highest BCUT2D eigenvalue weighted by molar-refractivity contribution is 7.98. The lowest BCUT2D eigenvalue weighted by Crippen LogP contribution is -2.38. The van der Waals surface area contributed by atoms with Crippen LogP contribution in [0.15, 0.2) is 76.3 Å². The molecule has 4 rings (SSSR count). The molecule has 2 aromatic heterocycles. The number of rotatable bonds is 7. The second-order valence-corrected chi connectivity index (χ2v) is 8.36. The quantitative estimate of drug-likeness (QED) is 0.167. The van der Waals surface area contributed by atoms with Crippen molar-refractivity contribution in [3.8, 4) is 11.3 Å². The summed E-state index contributed by atoms with van der Waals surface area (Å²) in [6.07, 6.45) is 0. The third-order valence-electron chi connectivity index (χ3n) is 4.62. The molecular formula is C22H18N6O4S2. The monoisotopic (exact) mass is 494 g/mol. The first kappa shape index (κ1) is 23.1. The fourth-order valence-corrected chi connectivity index (χ4v) is 4.05. The molecule has 0 saturated heterocycles. The highest BCUT2D eigenvalue weighted by atomic mass is 32.2. The van der Waals surface area contributed by atoms with E-state index in [9.17, 15) is 14.9 Å². The van der Waals surface area contributed by atoms with E-state index in [-0.39, 0.29) is 16.6 Å². The zero-order valence-corrected chi connectivity index (χ0v) is 19.4. The summed E-state index contributed by atoms with van der Waals surface area (Å²) < 4.78 is 7.17. The summed E-state index contributed by atoms with van der Waals surface area (Å²) in [7, 11) is 0. The van der Waals surface area contributed by atoms with Crippen LogP contribution in [0.1, 0.15) is 21.9 Å². The van der Waals surface area contributed by atoms with Gasteiger partial charge in [-0.15, -0.1) is 10.2 Å². The SMILES string of the molecule is Cc1nnc(SCc2ccccc2)n1NC(=S)NC(=O)c1ccc(-c2cccc([N+](=O)[O-])c2)o1. The molecular weight excluding hydrogens is 476 g/mol. The number of furan rings is 1. The smallest absolute Gasteiger partial charge is 0.293 e. The lowest BCUT2D eigenvalue weighted by atomic mass is 10.1. The van der Waals surface area contributed by atoms with Crippen molar-refractivity contribution in [2.24, 2.45) is 0 Å². The Labute approximate surface area is 203 Å². The number of non-ortho nitro benzene ring substituents is 1. The number of amides is 1. The van der Waals surface area contributed by atoms with E-state index in [0.717, 1.165) is 5.56 Å². The Balaban J connectivity index is 1.40. The average Bonchev–Trinajstić information content (AvgIpc) is 3.46. The van der Waals surface area contributed by atoms with Gasteiger partial charge in [0.15, 0.2) is 10.9 Å². The number of hydrogen-bond acceptors (Lipinski definition) is 8. The largest absolute Gasteiger partial charge is 0.451 e. The van der Waals surface area contributed by atoms with Gasteiger partial charge in [0.25, 0.3) is 11.6 Å². The fourth-order valence-electron chi connectivity index (χ4n) is 2.97. The first-order valence-electron chi connectivity index (χ1n) is 9.96. The van der Waals surface area contributed by atoms with E-state index in [1.165, 1.54) is 30.0 Å². The zero-order chi connectivity index (χ0) is 24.1. The van der Waals surface area contributed by atoms with Gasteiger partial charge in [-0.05, 0) is 36.8 Å². The minimum Gasteiger partial charge on any atom is -0.451 e. The Morgan fingerprint density at radius 3 is 2.71 bits per heavy atom. The lowest BCUT2D eigenvalue weighted by molar-refractivity contribution is -0.384. The van der Waals surface area contributed by atoms with Crippen molar-refractivity contribution in [1.82, 2.24) is 20.2 Å². The number of hydrogen-bond donors (Lipinski definition) is 2. The minimum absolute atomic E-state index is 0.00445. The van der Waals surface area contributed by atoms with E-state index in [2.05, 4.69) is 20.9 Å². The van der Waals surface area contributed by atoms with Crippen LogP contribution in [0.5, 0.6) is 0 Å². The molecule has 2 aromatic carbocycles. The molecule has 2 heterocycles. The number of carbonyl (C=O) groups is 1. The summed E-state index contributed by atoms with van der Waals surface area (Å²) in [5.41, 5.74) is 4.45. The van der Waals surface area contributed by atoms with Crippen LogP contribution in [0.4, 0.5) is 5.69 Å². The fraction of sp³-hybridized carbons (Fsp3) is 0.0909. The van der Waals surface area contributed by atoms with Crippen molar-refractivity contribution in [2.45, 2.75) is 17.8 Å². The second kappa shape index (κ2) is 10.3. The molecule has 1 amide bonds. The van der Waals surface area contributed by atoms with E-state index in [4.69, 9.17) is 16.6 Å². The van der Waals surface area contributed by atoms with Crippen LogP contribution < -0.4 is 10.7 Å². The number of thiocarbonyl (C=S) groups is 1. The maximum absolute atomic E-state index is 12.6. The predicted molar refractivity (Wildman–Crippen MR) is 131 cm³/mol. The van der Waals surface area contributed by atoms with E-state index in [1.54, 1.807) is 29.8 Å². The van der Waals surface area contributed by atoms with Crippen LogP contribution in [-0.2, 0) is 5.75 Å². The number of nitro benzene ring substituents is 1. The number of nitro groups is 1. The normalized spacial score (nSPS) is 10.6. The summed E-state index contributed by atoms with van der Waals surface area (Å²) in [6.45, 7) is 1.76. The van der Waals surface area contributed by atoms with Gasteiger partial charge in [0.05, 0.1) is 4.92 Å².